The lowest BCUT2D eigenvalue weighted by Gasteiger charge is -2.16. The van der Waals surface area contributed by atoms with Gasteiger partial charge in [-0.25, -0.2) is 0 Å². The summed E-state index contributed by atoms with van der Waals surface area (Å²) in [6, 6.07) is 8.21. The van der Waals surface area contributed by atoms with Gasteiger partial charge in [-0.2, -0.15) is 5.10 Å². The molecule has 0 aliphatic carbocycles. The fourth-order valence-electron chi connectivity index (χ4n) is 2.01. The molecule has 3 nitrogen and oxygen atoms in total. The molecule has 0 radical (unpaired) electrons. The van der Waals surface area contributed by atoms with Crippen molar-refractivity contribution in [2.75, 3.05) is 0 Å². The number of nitrogens with zero attached hydrogens (tertiary/aromatic N) is 2. The van der Waals surface area contributed by atoms with Crippen molar-refractivity contribution in [2.24, 2.45) is 0 Å². The van der Waals surface area contributed by atoms with Crippen LogP contribution in [0.5, 0.6) is 0 Å². The first-order valence-corrected chi connectivity index (χ1v) is 7.73. The fraction of sp³-hybridized carbons (Fsp3) is 0.357. The van der Waals surface area contributed by atoms with Gasteiger partial charge in [0.15, 0.2) is 0 Å². The van der Waals surface area contributed by atoms with Crippen molar-refractivity contribution in [1.29, 1.82) is 0 Å². The average molecular weight is 388 g/mol. The van der Waals surface area contributed by atoms with Crippen molar-refractivity contribution < 1.29 is 5.11 Å². The molecule has 0 spiro atoms. The Hall–Kier alpha value is -0.650. The van der Waals surface area contributed by atoms with Crippen LogP contribution in [0, 0.1) is 0 Å². The van der Waals surface area contributed by atoms with E-state index in [4.69, 9.17) is 0 Å². The first-order chi connectivity index (χ1) is 8.99. The summed E-state index contributed by atoms with van der Waals surface area (Å²) in [6.07, 6.45) is 1.74. The molecule has 5 heteroatoms. The van der Waals surface area contributed by atoms with E-state index in [1.807, 2.05) is 28.9 Å². The van der Waals surface area contributed by atoms with E-state index in [1.165, 1.54) is 0 Å². The lowest BCUT2D eigenvalue weighted by molar-refractivity contribution is 0.164. The molecule has 1 heterocycles. The molecule has 19 heavy (non-hydrogen) atoms. The molecule has 102 valence electrons. The van der Waals surface area contributed by atoms with Crippen molar-refractivity contribution in [2.45, 2.75) is 32.4 Å². The van der Waals surface area contributed by atoms with Gasteiger partial charge in [-0.3, -0.25) is 4.68 Å². The van der Waals surface area contributed by atoms with Crippen LogP contribution in [0.25, 0.3) is 0 Å². The van der Waals surface area contributed by atoms with E-state index in [9.17, 15) is 5.11 Å². The predicted molar refractivity (Wildman–Crippen MR) is 83.1 cm³/mol. The zero-order valence-electron chi connectivity index (χ0n) is 10.8. The van der Waals surface area contributed by atoms with Crippen LogP contribution < -0.4 is 0 Å². The zero-order chi connectivity index (χ0) is 14.0. The third-order valence-corrected chi connectivity index (χ3v) is 4.07. The van der Waals surface area contributed by atoms with Crippen molar-refractivity contribution in [1.82, 2.24) is 9.78 Å². The molecule has 0 saturated heterocycles. The smallest absolute Gasteiger partial charge is 0.101 e. The molecule has 0 bridgehead atoms. The Labute approximate surface area is 129 Å². The third kappa shape index (κ3) is 3.46. The highest BCUT2D eigenvalue weighted by molar-refractivity contribution is 9.10. The van der Waals surface area contributed by atoms with E-state index < -0.39 is 6.10 Å². The van der Waals surface area contributed by atoms with Crippen LogP contribution in [-0.4, -0.2) is 14.9 Å². The highest BCUT2D eigenvalue weighted by Crippen LogP contribution is 2.28. The molecule has 1 aromatic heterocycles. The molecule has 1 atom stereocenters. The SMILES string of the molecule is CC(C)n1ncc(Br)c1C(O)Cc1ccc(Br)cc1. The second kappa shape index (κ2) is 6.20. The van der Waals surface area contributed by atoms with Gasteiger partial charge in [0.05, 0.1) is 16.4 Å². The van der Waals surface area contributed by atoms with Crippen molar-refractivity contribution in [3.8, 4) is 0 Å². The van der Waals surface area contributed by atoms with Gasteiger partial charge in [-0.15, -0.1) is 0 Å². The van der Waals surface area contributed by atoms with Crippen molar-refractivity contribution in [3.63, 3.8) is 0 Å². The molecule has 0 amide bonds. The lowest BCUT2D eigenvalue weighted by atomic mass is 10.1. The Kier molecular flexibility index (Phi) is 4.81. The molecule has 2 aromatic rings. The minimum atomic E-state index is -0.569. The van der Waals surface area contributed by atoms with Crippen molar-refractivity contribution >= 4 is 31.9 Å². The minimum absolute atomic E-state index is 0.223. The van der Waals surface area contributed by atoms with Gasteiger partial charge in [0.2, 0.25) is 0 Å². The minimum Gasteiger partial charge on any atom is -0.386 e. The summed E-state index contributed by atoms with van der Waals surface area (Å²) >= 11 is 6.87. The fourth-order valence-corrected chi connectivity index (χ4v) is 2.82. The Morgan fingerprint density at radius 3 is 2.42 bits per heavy atom. The monoisotopic (exact) mass is 386 g/mol. The summed E-state index contributed by atoms with van der Waals surface area (Å²) < 4.78 is 3.75. The Balaban J connectivity index is 2.22. The van der Waals surface area contributed by atoms with Gasteiger partial charge in [0.25, 0.3) is 0 Å². The number of hydrogen-bond donors (Lipinski definition) is 1. The summed E-state index contributed by atoms with van der Waals surface area (Å²) in [5.41, 5.74) is 1.93. The Morgan fingerprint density at radius 1 is 1.21 bits per heavy atom. The highest BCUT2D eigenvalue weighted by Gasteiger charge is 2.19. The van der Waals surface area contributed by atoms with Crippen LogP contribution in [0.1, 0.15) is 37.3 Å². The molecular weight excluding hydrogens is 372 g/mol. The number of rotatable bonds is 4. The van der Waals surface area contributed by atoms with E-state index in [0.717, 1.165) is 20.2 Å². The third-order valence-electron chi connectivity index (χ3n) is 2.93. The van der Waals surface area contributed by atoms with Gasteiger partial charge in [0.1, 0.15) is 6.10 Å². The lowest BCUT2D eigenvalue weighted by Crippen LogP contribution is -2.13. The number of aliphatic hydroxyl groups is 1. The number of halogens is 2. The second-order valence-electron chi connectivity index (χ2n) is 4.76. The summed E-state index contributed by atoms with van der Waals surface area (Å²) in [7, 11) is 0. The molecule has 0 aliphatic heterocycles. The first kappa shape index (κ1) is 14.8. The van der Waals surface area contributed by atoms with Gasteiger partial charge < -0.3 is 5.11 Å². The van der Waals surface area contributed by atoms with E-state index in [2.05, 4.69) is 50.8 Å². The Morgan fingerprint density at radius 2 is 1.84 bits per heavy atom. The molecule has 0 aliphatic rings. The van der Waals surface area contributed by atoms with Gasteiger partial charge in [0, 0.05) is 16.9 Å². The summed E-state index contributed by atoms with van der Waals surface area (Å²) in [4.78, 5) is 0. The number of benzene rings is 1. The maximum Gasteiger partial charge on any atom is 0.101 e. The molecule has 0 saturated carbocycles. The molecule has 0 fully saturated rings. The molecule has 2 rings (SSSR count). The van der Waals surface area contributed by atoms with Gasteiger partial charge >= 0.3 is 0 Å². The van der Waals surface area contributed by atoms with Crippen molar-refractivity contribution in [3.05, 3.63) is 50.7 Å². The normalized spacial score (nSPS) is 12.9. The van der Waals surface area contributed by atoms with Crippen LogP contribution >= 0.6 is 31.9 Å². The van der Waals surface area contributed by atoms with Crippen LogP contribution in [0.2, 0.25) is 0 Å². The van der Waals surface area contributed by atoms with Crippen LogP contribution in [0.3, 0.4) is 0 Å². The highest BCUT2D eigenvalue weighted by atomic mass is 79.9. The molecule has 1 aromatic carbocycles. The maximum atomic E-state index is 10.4. The van der Waals surface area contributed by atoms with Crippen LogP contribution in [0.4, 0.5) is 0 Å². The predicted octanol–water partition coefficient (Wildman–Crippen LogP) is 4.27. The summed E-state index contributed by atoms with van der Waals surface area (Å²) in [5, 5.41) is 14.7. The van der Waals surface area contributed by atoms with Gasteiger partial charge in [-0.05, 0) is 47.5 Å². The maximum absolute atomic E-state index is 10.4. The van der Waals surface area contributed by atoms with E-state index >= 15 is 0 Å². The number of hydrogen-bond acceptors (Lipinski definition) is 2. The van der Waals surface area contributed by atoms with E-state index in [1.54, 1.807) is 6.20 Å². The number of aliphatic hydroxyl groups excluding tert-OH is 1. The van der Waals surface area contributed by atoms with E-state index in [0.29, 0.717) is 6.42 Å². The quantitative estimate of drug-likeness (QED) is 0.850. The van der Waals surface area contributed by atoms with Crippen LogP contribution in [0.15, 0.2) is 39.4 Å². The molecular formula is C14H16Br2N2O. The van der Waals surface area contributed by atoms with Crippen LogP contribution in [-0.2, 0) is 6.42 Å². The first-order valence-electron chi connectivity index (χ1n) is 6.14. The number of aromatic nitrogens is 2. The standard InChI is InChI=1S/C14H16Br2N2O/c1-9(2)18-14(12(16)8-17-18)13(19)7-10-3-5-11(15)6-4-10/h3-6,8-9,13,19H,7H2,1-2H3. The Bertz CT molecular complexity index is 549. The zero-order valence-corrected chi connectivity index (χ0v) is 14.0. The topological polar surface area (TPSA) is 38.0 Å². The largest absolute Gasteiger partial charge is 0.386 e. The summed E-state index contributed by atoms with van der Waals surface area (Å²) in [6.45, 7) is 4.10. The van der Waals surface area contributed by atoms with E-state index in [-0.39, 0.29) is 6.04 Å². The summed E-state index contributed by atoms with van der Waals surface area (Å²) in [5.74, 6) is 0. The molecule has 1 N–H and O–H groups in total. The average Bonchev–Trinajstić information content (AvgIpc) is 2.74. The molecule has 1 unspecified atom stereocenters. The van der Waals surface area contributed by atoms with Gasteiger partial charge in [-0.1, -0.05) is 28.1 Å². The second-order valence-corrected chi connectivity index (χ2v) is 6.53.